The van der Waals surface area contributed by atoms with E-state index in [2.05, 4.69) is 4.98 Å². The molecule has 1 unspecified atom stereocenters. The number of nitrogens with zero attached hydrogens (tertiary/aromatic N) is 1. The van der Waals surface area contributed by atoms with Crippen LogP contribution >= 0.6 is 0 Å². The van der Waals surface area contributed by atoms with Gasteiger partial charge in [-0.15, -0.1) is 0 Å². The van der Waals surface area contributed by atoms with Gasteiger partial charge in [0.15, 0.2) is 0 Å². The molecule has 5 heteroatoms. The van der Waals surface area contributed by atoms with Gasteiger partial charge in [0.1, 0.15) is 5.75 Å². The summed E-state index contributed by atoms with van der Waals surface area (Å²) in [5.41, 5.74) is 1.69. The molecule has 19 heavy (non-hydrogen) atoms. The summed E-state index contributed by atoms with van der Waals surface area (Å²) in [5.74, 6) is 1.18. The van der Waals surface area contributed by atoms with Gasteiger partial charge in [0.05, 0.1) is 24.8 Å². The third-order valence-electron chi connectivity index (χ3n) is 3.68. The van der Waals surface area contributed by atoms with Crippen molar-refractivity contribution in [2.45, 2.75) is 19.4 Å². The molecular formula is C14H18N2O3. The van der Waals surface area contributed by atoms with Crippen molar-refractivity contribution < 1.29 is 9.47 Å². The van der Waals surface area contributed by atoms with Crippen molar-refractivity contribution in [3.8, 4) is 5.75 Å². The van der Waals surface area contributed by atoms with Crippen LogP contribution in [-0.4, -0.2) is 29.9 Å². The molecule has 3 rings (SSSR count). The van der Waals surface area contributed by atoms with Crippen molar-refractivity contribution in [1.82, 2.24) is 9.55 Å². The molecule has 1 saturated heterocycles. The predicted octanol–water partition coefficient (Wildman–Crippen LogP) is 1.76. The lowest BCUT2D eigenvalue weighted by molar-refractivity contribution is 0.0484. The number of methoxy groups -OCH3 is 1. The van der Waals surface area contributed by atoms with Crippen molar-refractivity contribution >= 4 is 11.0 Å². The average molecular weight is 262 g/mol. The van der Waals surface area contributed by atoms with Crippen molar-refractivity contribution in [3.05, 3.63) is 28.7 Å². The maximum absolute atomic E-state index is 12.0. The van der Waals surface area contributed by atoms with Gasteiger partial charge < -0.3 is 14.5 Å². The molecule has 1 aromatic carbocycles. The van der Waals surface area contributed by atoms with Gasteiger partial charge in [0.2, 0.25) is 0 Å². The highest BCUT2D eigenvalue weighted by molar-refractivity contribution is 5.76. The number of H-pyrrole nitrogens is 1. The van der Waals surface area contributed by atoms with Gasteiger partial charge in [0, 0.05) is 25.1 Å². The number of ether oxygens (including phenoxy) is 2. The highest BCUT2D eigenvalue weighted by atomic mass is 16.5. The van der Waals surface area contributed by atoms with Crippen molar-refractivity contribution in [3.63, 3.8) is 0 Å². The molecule has 0 saturated carbocycles. The summed E-state index contributed by atoms with van der Waals surface area (Å²) in [5, 5.41) is 0. The van der Waals surface area contributed by atoms with E-state index in [-0.39, 0.29) is 5.69 Å². The fourth-order valence-corrected chi connectivity index (χ4v) is 2.66. The monoisotopic (exact) mass is 262 g/mol. The molecule has 0 aliphatic carbocycles. The van der Waals surface area contributed by atoms with E-state index in [0.29, 0.717) is 12.5 Å². The molecule has 1 aliphatic heterocycles. The van der Waals surface area contributed by atoms with E-state index < -0.39 is 0 Å². The molecule has 0 spiro atoms. The van der Waals surface area contributed by atoms with Crippen LogP contribution in [0.15, 0.2) is 23.0 Å². The Hall–Kier alpha value is -1.75. The molecule has 1 fully saturated rings. The number of benzene rings is 1. The van der Waals surface area contributed by atoms with Crippen LogP contribution in [0.3, 0.4) is 0 Å². The topological polar surface area (TPSA) is 56.2 Å². The van der Waals surface area contributed by atoms with E-state index in [9.17, 15) is 4.79 Å². The van der Waals surface area contributed by atoms with Crippen molar-refractivity contribution in [2.75, 3.05) is 20.3 Å². The summed E-state index contributed by atoms with van der Waals surface area (Å²) in [6.07, 6.45) is 2.20. The minimum Gasteiger partial charge on any atom is -0.497 e. The molecular weight excluding hydrogens is 244 g/mol. The van der Waals surface area contributed by atoms with Crippen molar-refractivity contribution in [1.29, 1.82) is 0 Å². The highest BCUT2D eigenvalue weighted by Crippen LogP contribution is 2.21. The lowest BCUT2D eigenvalue weighted by Gasteiger charge is -2.22. The summed E-state index contributed by atoms with van der Waals surface area (Å²) < 4.78 is 12.4. The van der Waals surface area contributed by atoms with Gasteiger partial charge in [-0.2, -0.15) is 0 Å². The average Bonchev–Trinajstić information content (AvgIpc) is 2.75. The van der Waals surface area contributed by atoms with Crippen LogP contribution in [0.25, 0.3) is 11.0 Å². The van der Waals surface area contributed by atoms with Gasteiger partial charge in [-0.25, -0.2) is 4.79 Å². The molecule has 5 nitrogen and oxygen atoms in total. The summed E-state index contributed by atoms with van der Waals surface area (Å²) >= 11 is 0. The van der Waals surface area contributed by atoms with Crippen LogP contribution in [0.5, 0.6) is 5.75 Å². The van der Waals surface area contributed by atoms with Crippen molar-refractivity contribution in [2.24, 2.45) is 5.92 Å². The fraction of sp³-hybridized carbons (Fsp3) is 0.500. The number of hydrogen-bond donors (Lipinski definition) is 1. The predicted molar refractivity (Wildman–Crippen MR) is 72.7 cm³/mol. The van der Waals surface area contributed by atoms with Gasteiger partial charge >= 0.3 is 5.69 Å². The molecule has 2 heterocycles. The number of imidazole rings is 1. The first kappa shape index (κ1) is 12.3. The maximum Gasteiger partial charge on any atom is 0.326 e. The SMILES string of the molecule is COc1ccc2c(c1)[nH]c(=O)n2CC1CCCOC1. The minimum atomic E-state index is -0.0613. The first-order valence-electron chi connectivity index (χ1n) is 6.62. The van der Waals surface area contributed by atoms with E-state index in [1.807, 2.05) is 18.2 Å². The Morgan fingerprint density at radius 3 is 3.16 bits per heavy atom. The fourth-order valence-electron chi connectivity index (χ4n) is 2.66. The van der Waals surface area contributed by atoms with E-state index in [1.165, 1.54) is 0 Å². The maximum atomic E-state index is 12.0. The molecule has 0 bridgehead atoms. The Kier molecular flexibility index (Phi) is 3.29. The standard InChI is InChI=1S/C14H18N2O3/c1-18-11-4-5-13-12(7-11)15-14(17)16(13)8-10-3-2-6-19-9-10/h4-5,7,10H,2-3,6,8-9H2,1H3,(H,15,17). The zero-order valence-electron chi connectivity index (χ0n) is 11.0. The molecule has 0 amide bonds. The lowest BCUT2D eigenvalue weighted by atomic mass is 10.0. The van der Waals surface area contributed by atoms with Crippen LogP contribution in [0.2, 0.25) is 0 Å². The van der Waals surface area contributed by atoms with Gasteiger partial charge in [-0.3, -0.25) is 4.57 Å². The van der Waals surface area contributed by atoms with Crippen LogP contribution in [0, 0.1) is 5.92 Å². The number of hydrogen-bond acceptors (Lipinski definition) is 3. The third kappa shape index (κ3) is 2.38. The van der Waals surface area contributed by atoms with E-state index in [4.69, 9.17) is 9.47 Å². The normalized spacial score (nSPS) is 19.7. The number of aromatic nitrogens is 2. The van der Waals surface area contributed by atoms with Crippen LogP contribution in [0.4, 0.5) is 0 Å². The number of fused-ring (bicyclic) bond motifs is 1. The second kappa shape index (κ2) is 5.09. The van der Waals surface area contributed by atoms with Crippen LogP contribution in [0.1, 0.15) is 12.8 Å². The molecule has 0 radical (unpaired) electrons. The molecule has 1 aromatic heterocycles. The van der Waals surface area contributed by atoms with E-state index in [1.54, 1.807) is 11.7 Å². The number of rotatable bonds is 3. The summed E-state index contributed by atoms with van der Waals surface area (Å²) in [7, 11) is 1.62. The highest BCUT2D eigenvalue weighted by Gasteiger charge is 2.17. The molecule has 2 aromatic rings. The summed E-state index contributed by atoms with van der Waals surface area (Å²) in [6.45, 7) is 2.30. The summed E-state index contributed by atoms with van der Waals surface area (Å²) in [4.78, 5) is 14.9. The van der Waals surface area contributed by atoms with Crippen LogP contribution < -0.4 is 10.4 Å². The van der Waals surface area contributed by atoms with E-state index >= 15 is 0 Å². The lowest BCUT2D eigenvalue weighted by Crippen LogP contribution is -2.27. The first-order valence-corrected chi connectivity index (χ1v) is 6.62. The largest absolute Gasteiger partial charge is 0.497 e. The third-order valence-corrected chi connectivity index (χ3v) is 3.68. The quantitative estimate of drug-likeness (QED) is 0.917. The molecule has 1 N–H and O–H groups in total. The van der Waals surface area contributed by atoms with Gasteiger partial charge in [-0.1, -0.05) is 0 Å². The first-order chi connectivity index (χ1) is 9.28. The zero-order valence-corrected chi connectivity index (χ0v) is 11.0. The number of nitrogens with one attached hydrogen (secondary N) is 1. The van der Waals surface area contributed by atoms with Gasteiger partial charge in [0.25, 0.3) is 0 Å². The second-order valence-electron chi connectivity index (χ2n) is 5.01. The Morgan fingerprint density at radius 1 is 1.53 bits per heavy atom. The Labute approximate surface area is 111 Å². The second-order valence-corrected chi connectivity index (χ2v) is 5.01. The molecule has 1 atom stereocenters. The Morgan fingerprint density at radius 2 is 2.42 bits per heavy atom. The Balaban J connectivity index is 1.93. The molecule has 1 aliphatic rings. The zero-order chi connectivity index (χ0) is 13.2. The Bertz CT molecular complexity index is 623. The smallest absolute Gasteiger partial charge is 0.326 e. The minimum absolute atomic E-state index is 0.0613. The number of aromatic amines is 1. The van der Waals surface area contributed by atoms with Crippen LogP contribution in [-0.2, 0) is 11.3 Å². The summed E-state index contributed by atoms with van der Waals surface area (Å²) in [6, 6.07) is 5.66. The van der Waals surface area contributed by atoms with E-state index in [0.717, 1.165) is 42.8 Å². The molecule has 102 valence electrons. The van der Waals surface area contributed by atoms with Gasteiger partial charge in [-0.05, 0) is 25.0 Å².